The predicted molar refractivity (Wildman–Crippen MR) is 118 cm³/mol. The normalized spacial score (nSPS) is 15.8. The molecule has 0 aromatic rings. The molecular weight excluding hydrogens is 340 g/mol. The molecule has 0 aliphatic heterocycles. The van der Waals surface area contributed by atoms with Crippen molar-refractivity contribution in [1.29, 1.82) is 0 Å². The summed E-state index contributed by atoms with van der Waals surface area (Å²) in [6, 6.07) is 0. The first-order valence-corrected chi connectivity index (χ1v) is 15.1. The fourth-order valence-corrected chi connectivity index (χ4v) is 7.24. The first-order valence-electron chi connectivity index (χ1n) is 10.9. The van der Waals surface area contributed by atoms with Gasteiger partial charge in [-0.2, -0.15) is 11.8 Å². The Morgan fingerprint density at radius 3 is 2.08 bits per heavy atom. The molecular formula is C22H42OSSi. The lowest BCUT2D eigenvalue weighted by Crippen LogP contribution is -2.32. The van der Waals surface area contributed by atoms with Crippen molar-refractivity contribution in [3.8, 4) is 11.5 Å². The maximum Gasteiger partial charge on any atom is 0.135 e. The Morgan fingerprint density at radius 2 is 1.44 bits per heavy atom. The average Bonchev–Trinajstić information content (AvgIpc) is 2.63. The van der Waals surface area contributed by atoms with Crippen molar-refractivity contribution in [2.45, 2.75) is 109 Å². The molecule has 0 aromatic heterocycles. The van der Waals surface area contributed by atoms with Crippen LogP contribution < -0.4 is 0 Å². The van der Waals surface area contributed by atoms with Gasteiger partial charge in [0.25, 0.3) is 0 Å². The number of rotatable bonds is 13. The zero-order chi connectivity index (χ0) is 18.2. The molecule has 0 unspecified atom stereocenters. The van der Waals surface area contributed by atoms with Gasteiger partial charge in [-0.3, -0.25) is 0 Å². The molecule has 0 heterocycles. The molecule has 0 saturated heterocycles. The second-order valence-electron chi connectivity index (χ2n) is 8.27. The van der Waals surface area contributed by atoms with Crippen LogP contribution in [0.1, 0.15) is 89.9 Å². The van der Waals surface area contributed by atoms with Crippen LogP contribution in [0.2, 0.25) is 18.6 Å². The van der Waals surface area contributed by atoms with Gasteiger partial charge < -0.3 is 5.11 Å². The Labute approximate surface area is 163 Å². The van der Waals surface area contributed by atoms with Crippen molar-refractivity contribution in [3.63, 3.8) is 0 Å². The van der Waals surface area contributed by atoms with Crippen LogP contribution in [0.4, 0.5) is 0 Å². The highest BCUT2D eigenvalue weighted by Gasteiger charge is 2.31. The third-order valence-corrected chi connectivity index (χ3v) is 10.1. The Hall–Kier alpha value is 0.0869. The van der Waals surface area contributed by atoms with Crippen LogP contribution in [-0.2, 0) is 0 Å². The first kappa shape index (κ1) is 23.1. The van der Waals surface area contributed by atoms with E-state index in [0.717, 1.165) is 17.7 Å². The number of hydrogen-bond acceptors (Lipinski definition) is 2. The van der Waals surface area contributed by atoms with Crippen molar-refractivity contribution in [1.82, 2.24) is 0 Å². The molecule has 1 nitrogen and oxygen atoms in total. The van der Waals surface area contributed by atoms with E-state index in [9.17, 15) is 0 Å². The van der Waals surface area contributed by atoms with Gasteiger partial charge in [-0.15, -0.1) is 11.5 Å². The van der Waals surface area contributed by atoms with Crippen molar-refractivity contribution in [3.05, 3.63) is 0 Å². The standard InChI is InChI=1S/C22H42OSSi/c1-25(2,22-16-12-11-13-17-22)21-15-10-8-6-4-3-5-7-9-14-19-24-20-18-23/h22-23H,3-14,16-20H2,1-2H3. The van der Waals surface area contributed by atoms with E-state index in [0.29, 0.717) is 6.61 Å². The lowest BCUT2D eigenvalue weighted by atomic mass is 10.0. The second kappa shape index (κ2) is 15.2. The third kappa shape index (κ3) is 12.2. The van der Waals surface area contributed by atoms with Gasteiger partial charge in [0.05, 0.1) is 6.61 Å². The minimum atomic E-state index is -1.28. The minimum absolute atomic E-state index is 0.329. The highest BCUT2D eigenvalue weighted by Crippen LogP contribution is 2.36. The Bertz CT molecular complexity index is 366. The van der Waals surface area contributed by atoms with Crippen LogP contribution in [0.5, 0.6) is 0 Å². The number of aliphatic hydroxyl groups excluding tert-OH is 1. The van der Waals surface area contributed by atoms with Gasteiger partial charge in [-0.05, 0) is 24.1 Å². The van der Waals surface area contributed by atoms with Crippen molar-refractivity contribution >= 4 is 19.8 Å². The summed E-state index contributed by atoms with van der Waals surface area (Å²) >= 11 is 1.88. The topological polar surface area (TPSA) is 20.2 Å². The summed E-state index contributed by atoms with van der Waals surface area (Å²) < 4.78 is 0. The third-order valence-electron chi connectivity index (χ3n) is 5.61. The van der Waals surface area contributed by atoms with Gasteiger partial charge in [0.15, 0.2) is 0 Å². The monoisotopic (exact) mass is 382 g/mol. The lowest BCUT2D eigenvalue weighted by Gasteiger charge is -2.31. The maximum atomic E-state index is 8.72. The van der Waals surface area contributed by atoms with Crippen LogP contribution in [0, 0.1) is 11.5 Å². The van der Waals surface area contributed by atoms with Gasteiger partial charge >= 0.3 is 0 Å². The summed E-state index contributed by atoms with van der Waals surface area (Å²) in [5.41, 5.74) is 4.71. The minimum Gasteiger partial charge on any atom is -0.396 e. The highest BCUT2D eigenvalue weighted by atomic mass is 32.2. The Kier molecular flexibility index (Phi) is 14.0. The summed E-state index contributed by atoms with van der Waals surface area (Å²) in [5.74, 6) is 5.68. The molecule has 1 aliphatic carbocycles. The number of hydrogen-bond donors (Lipinski definition) is 1. The van der Waals surface area contributed by atoms with Crippen LogP contribution in [0.15, 0.2) is 0 Å². The zero-order valence-electron chi connectivity index (χ0n) is 17.0. The smallest absolute Gasteiger partial charge is 0.135 e. The van der Waals surface area contributed by atoms with E-state index in [4.69, 9.17) is 5.11 Å². The number of thioether (sulfide) groups is 1. The molecule has 0 amide bonds. The summed E-state index contributed by atoms with van der Waals surface area (Å²) in [7, 11) is -1.28. The van der Waals surface area contributed by atoms with Crippen LogP contribution in [-0.4, -0.2) is 31.3 Å². The van der Waals surface area contributed by atoms with Gasteiger partial charge in [0.1, 0.15) is 8.07 Å². The zero-order valence-corrected chi connectivity index (χ0v) is 18.8. The predicted octanol–water partition coefficient (Wildman–Crippen LogP) is 6.81. The van der Waals surface area contributed by atoms with E-state index in [2.05, 4.69) is 24.6 Å². The van der Waals surface area contributed by atoms with Crippen molar-refractivity contribution < 1.29 is 5.11 Å². The van der Waals surface area contributed by atoms with Gasteiger partial charge in [0, 0.05) is 12.2 Å². The van der Waals surface area contributed by atoms with E-state index in [-0.39, 0.29) is 0 Å². The molecule has 1 rings (SSSR count). The summed E-state index contributed by atoms with van der Waals surface area (Å²) in [4.78, 5) is 0. The molecule has 1 N–H and O–H groups in total. The molecule has 0 bridgehead atoms. The quantitative estimate of drug-likeness (QED) is 0.214. The largest absolute Gasteiger partial charge is 0.396 e. The van der Waals surface area contributed by atoms with Gasteiger partial charge in [-0.1, -0.05) is 83.7 Å². The summed E-state index contributed by atoms with van der Waals surface area (Å²) in [6.45, 7) is 5.33. The fraction of sp³-hybridized carbons (Fsp3) is 0.909. The van der Waals surface area contributed by atoms with Crippen molar-refractivity contribution in [2.75, 3.05) is 18.1 Å². The van der Waals surface area contributed by atoms with Crippen LogP contribution in [0.3, 0.4) is 0 Å². The van der Waals surface area contributed by atoms with Crippen LogP contribution in [0.25, 0.3) is 0 Å². The van der Waals surface area contributed by atoms with Crippen molar-refractivity contribution in [2.24, 2.45) is 0 Å². The van der Waals surface area contributed by atoms with E-state index >= 15 is 0 Å². The maximum absolute atomic E-state index is 8.72. The average molecular weight is 383 g/mol. The highest BCUT2D eigenvalue weighted by molar-refractivity contribution is 7.99. The molecule has 25 heavy (non-hydrogen) atoms. The number of aliphatic hydroxyl groups is 1. The van der Waals surface area contributed by atoms with Gasteiger partial charge in [-0.25, -0.2) is 0 Å². The van der Waals surface area contributed by atoms with Crippen LogP contribution >= 0.6 is 11.8 Å². The SMILES string of the molecule is C[Si](C)(C#CCCCCCCCCCCSCCO)C1CCCCC1. The second-order valence-corrected chi connectivity index (χ2v) is 14.0. The molecule has 0 atom stereocenters. The number of unbranched alkanes of at least 4 members (excludes halogenated alkanes) is 8. The Morgan fingerprint density at radius 1 is 0.840 bits per heavy atom. The molecule has 146 valence electrons. The van der Waals surface area contributed by atoms with E-state index < -0.39 is 8.07 Å². The van der Waals surface area contributed by atoms with E-state index in [1.54, 1.807) is 0 Å². The summed E-state index contributed by atoms with van der Waals surface area (Å²) in [5, 5.41) is 8.72. The summed E-state index contributed by atoms with van der Waals surface area (Å²) in [6.07, 6.45) is 19.3. The fourth-order valence-electron chi connectivity index (χ4n) is 3.86. The molecule has 1 saturated carbocycles. The molecule has 3 heteroatoms. The molecule has 0 aromatic carbocycles. The lowest BCUT2D eigenvalue weighted by molar-refractivity contribution is 0.322. The molecule has 1 fully saturated rings. The van der Waals surface area contributed by atoms with Gasteiger partial charge in [0.2, 0.25) is 0 Å². The molecule has 0 spiro atoms. The van der Waals surface area contributed by atoms with E-state index in [1.165, 1.54) is 89.2 Å². The Balaban J connectivity index is 1.91. The molecule has 1 aliphatic rings. The molecule has 0 radical (unpaired) electrons. The van der Waals surface area contributed by atoms with E-state index in [1.807, 2.05) is 11.8 Å². The first-order chi connectivity index (χ1) is 12.2.